The van der Waals surface area contributed by atoms with Crippen molar-refractivity contribution in [3.8, 4) is 0 Å². The molecule has 3 rings (SSSR count). The lowest BCUT2D eigenvalue weighted by molar-refractivity contribution is -0.379. The first kappa shape index (κ1) is 77.5. The molecule has 3 aliphatic heterocycles. The van der Waals surface area contributed by atoms with Crippen LogP contribution >= 0.6 is 0 Å². The van der Waals surface area contributed by atoms with Crippen molar-refractivity contribution in [2.75, 3.05) is 26.4 Å². The first-order valence-corrected chi connectivity index (χ1v) is 33.2. The van der Waals surface area contributed by atoms with Crippen molar-refractivity contribution in [2.24, 2.45) is 0 Å². The van der Waals surface area contributed by atoms with Gasteiger partial charge in [0.05, 0.1) is 38.6 Å². The van der Waals surface area contributed by atoms with Crippen molar-refractivity contribution >= 4 is 5.91 Å². The van der Waals surface area contributed by atoms with E-state index in [2.05, 4.69) is 79.9 Å². The van der Waals surface area contributed by atoms with Crippen LogP contribution in [-0.4, -0.2) is 193 Å². The number of hydrogen-bond donors (Lipinski definition) is 12. The molecule has 12 N–H and O–H groups in total. The van der Waals surface area contributed by atoms with Crippen LogP contribution in [-0.2, 0) is 33.2 Å². The topological polar surface area (TPSA) is 307 Å². The van der Waals surface area contributed by atoms with E-state index in [0.29, 0.717) is 6.42 Å². The van der Waals surface area contributed by atoms with Gasteiger partial charge < -0.3 is 89.9 Å². The third kappa shape index (κ3) is 31.3. The molecule has 3 aliphatic rings. The molecule has 0 aromatic rings. The molecular weight excluding hydrogens is 1110 g/mol. The van der Waals surface area contributed by atoms with Gasteiger partial charge in [-0.15, -0.1) is 0 Å². The fraction of sp³-hybridized carbons (Fsp3) is 0.806. The second-order valence-corrected chi connectivity index (χ2v) is 23.6. The van der Waals surface area contributed by atoms with Crippen LogP contribution in [0, 0.1) is 0 Å². The second-order valence-electron chi connectivity index (χ2n) is 23.6. The number of amides is 1. The number of rotatable bonds is 49. The summed E-state index contributed by atoms with van der Waals surface area (Å²) in [7, 11) is 0. The van der Waals surface area contributed by atoms with Gasteiger partial charge in [-0.2, -0.15) is 0 Å². The van der Waals surface area contributed by atoms with E-state index < -0.39 is 124 Å². The van der Waals surface area contributed by atoms with Gasteiger partial charge in [0.1, 0.15) is 73.2 Å². The molecule has 3 saturated heterocycles. The smallest absolute Gasteiger partial charge is 0.220 e. The summed E-state index contributed by atoms with van der Waals surface area (Å²) in [4.78, 5) is 13.4. The van der Waals surface area contributed by atoms with Gasteiger partial charge in [-0.25, -0.2) is 0 Å². The predicted octanol–water partition coefficient (Wildman–Crippen LogP) is 7.77. The van der Waals surface area contributed by atoms with Gasteiger partial charge in [0.25, 0.3) is 0 Å². The average molecular weight is 1220 g/mol. The zero-order valence-corrected chi connectivity index (χ0v) is 52.3. The molecule has 17 unspecified atom stereocenters. The van der Waals surface area contributed by atoms with Crippen LogP contribution in [0.5, 0.6) is 0 Å². The van der Waals surface area contributed by atoms with Gasteiger partial charge >= 0.3 is 0 Å². The van der Waals surface area contributed by atoms with Gasteiger partial charge in [-0.05, 0) is 64.2 Å². The number of carbonyl (C=O) groups excluding carboxylic acids is 1. The molecular formula is C67H117NO18. The van der Waals surface area contributed by atoms with Crippen molar-refractivity contribution in [3.05, 3.63) is 72.9 Å². The van der Waals surface area contributed by atoms with Crippen molar-refractivity contribution in [1.29, 1.82) is 0 Å². The monoisotopic (exact) mass is 1220 g/mol. The minimum Gasteiger partial charge on any atom is -0.394 e. The fourth-order valence-corrected chi connectivity index (χ4v) is 10.9. The Morgan fingerprint density at radius 3 is 1.26 bits per heavy atom. The zero-order valence-electron chi connectivity index (χ0n) is 52.3. The van der Waals surface area contributed by atoms with Crippen LogP contribution in [0.1, 0.15) is 213 Å². The maximum absolute atomic E-state index is 13.4. The SMILES string of the molecule is CC/C=C\C/C=C\C/C=C\C/C=C\C/C=C\CCCCCCCCCCCCCCCC(=O)NC(COC1OC(CO)C(OC2OC(CO)C(OC3OC(CO)C(O)C(O)C3O)C(O)C2O)C(O)C1O)C(O)/C=C/CCCCCCCCCCCC. The highest BCUT2D eigenvalue weighted by Gasteiger charge is 2.53. The van der Waals surface area contributed by atoms with Crippen LogP contribution in [0.4, 0.5) is 0 Å². The summed E-state index contributed by atoms with van der Waals surface area (Å²) in [6, 6.07) is -0.976. The maximum atomic E-state index is 13.4. The number of aliphatic hydroxyl groups is 11. The molecule has 19 heteroatoms. The first-order valence-electron chi connectivity index (χ1n) is 33.2. The highest BCUT2D eigenvalue weighted by molar-refractivity contribution is 5.76. The summed E-state index contributed by atoms with van der Waals surface area (Å²) in [6.45, 7) is 1.59. The fourth-order valence-electron chi connectivity index (χ4n) is 10.9. The lowest BCUT2D eigenvalue weighted by Crippen LogP contribution is -2.66. The van der Waals surface area contributed by atoms with Gasteiger partial charge in [0.2, 0.25) is 5.91 Å². The quantitative estimate of drug-likeness (QED) is 0.0204. The zero-order chi connectivity index (χ0) is 62.6. The summed E-state index contributed by atoms with van der Waals surface area (Å²) in [5.74, 6) is -0.281. The van der Waals surface area contributed by atoms with E-state index in [1.807, 2.05) is 6.08 Å². The lowest BCUT2D eigenvalue weighted by Gasteiger charge is -2.48. The number of nitrogens with one attached hydrogen (secondary N) is 1. The largest absolute Gasteiger partial charge is 0.394 e. The van der Waals surface area contributed by atoms with E-state index in [1.54, 1.807) is 6.08 Å². The number of unbranched alkanes of at least 4 members (excludes halogenated alkanes) is 23. The Labute approximate surface area is 515 Å². The Balaban J connectivity index is 1.40. The Bertz CT molecular complexity index is 1850. The Morgan fingerprint density at radius 2 is 0.802 bits per heavy atom. The Morgan fingerprint density at radius 1 is 0.430 bits per heavy atom. The molecule has 1 amide bonds. The van der Waals surface area contributed by atoms with E-state index in [9.17, 15) is 61.0 Å². The van der Waals surface area contributed by atoms with Gasteiger partial charge in [-0.3, -0.25) is 4.79 Å². The van der Waals surface area contributed by atoms with Crippen LogP contribution in [0.25, 0.3) is 0 Å². The van der Waals surface area contributed by atoms with E-state index in [0.717, 1.165) is 83.5 Å². The molecule has 0 aromatic carbocycles. The molecule has 86 heavy (non-hydrogen) atoms. The highest BCUT2D eigenvalue weighted by Crippen LogP contribution is 2.33. The first-order chi connectivity index (χ1) is 41.8. The average Bonchev–Trinajstić information content (AvgIpc) is 2.62. The lowest BCUT2D eigenvalue weighted by atomic mass is 9.96. The Kier molecular flexibility index (Phi) is 44.1. The van der Waals surface area contributed by atoms with Crippen LogP contribution in [0.2, 0.25) is 0 Å². The van der Waals surface area contributed by atoms with Gasteiger partial charge in [0, 0.05) is 6.42 Å². The molecule has 3 heterocycles. The summed E-state index contributed by atoms with van der Waals surface area (Å²) in [5, 5.41) is 120. The second kappa shape index (κ2) is 49.0. The molecule has 3 fully saturated rings. The molecule has 0 spiro atoms. The molecule has 0 aliphatic carbocycles. The minimum atomic E-state index is -1.98. The number of ether oxygens (including phenoxy) is 6. The van der Waals surface area contributed by atoms with E-state index in [1.165, 1.54) is 103 Å². The van der Waals surface area contributed by atoms with Gasteiger partial charge in [-0.1, -0.05) is 215 Å². The molecule has 498 valence electrons. The number of allylic oxidation sites excluding steroid dienone is 11. The molecule has 0 aromatic heterocycles. The summed E-state index contributed by atoms with van der Waals surface area (Å²) in [6.07, 6.45) is 33.1. The van der Waals surface area contributed by atoms with Crippen molar-refractivity contribution < 1.29 is 89.4 Å². The maximum Gasteiger partial charge on any atom is 0.220 e. The minimum absolute atomic E-state index is 0.238. The third-order valence-corrected chi connectivity index (χ3v) is 16.3. The molecule has 19 nitrogen and oxygen atoms in total. The molecule has 17 atom stereocenters. The molecule has 0 saturated carbocycles. The van der Waals surface area contributed by atoms with Gasteiger partial charge in [0.15, 0.2) is 18.9 Å². The van der Waals surface area contributed by atoms with Crippen LogP contribution < -0.4 is 5.32 Å². The Hall–Kier alpha value is -2.77. The molecule has 0 radical (unpaired) electrons. The van der Waals surface area contributed by atoms with Crippen molar-refractivity contribution in [3.63, 3.8) is 0 Å². The van der Waals surface area contributed by atoms with E-state index in [-0.39, 0.29) is 18.9 Å². The number of carbonyl (C=O) groups is 1. The number of hydrogen-bond acceptors (Lipinski definition) is 18. The molecule has 0 bridgehead atoms. The summed E-state index contributed by atoms with van der Waals surface area (Å²) in [5.41, 5.74) is 0. The van der Waals surface area contributed by atoms with Crippen LogP contribution in [0.15, 0.2) is 72.9 Å². The predicted molar refractivity (Wildman–Crippen MR) is 332 cm³/mol. The standard InChI is InChI=1S/C67H117NO18/c1-3-5-7-9-11-13-15-17-18-19-20-21-22-23-24-25-26-27-28-29-30-31-32-33-35-37-39-41-43-45-55(73)68-50(51(72)44-42-40-38-36-34-16-14-12-10-8-6-4-2)49-81-65-61(79)58(76)63(53(47-70)83-65)86-67-62(80)59(77)64(54(48-71)84-67)85-66-60(78)57(75)56(74)52(46-69)82-66/h5,7,11,13,17-18,20-21,23-24,42,44,50-54,56-67,69-72,74-80H,3-4,6,8-10,12,14-16,19,22,25-41,43,45-49H2,1-2H3,(H,68,73)/b7-5-,13-11-,18-17-,21-20-,24-23-,44-42+. The summed E-state index contributed by atoms with van der Waals surface area (Å²) < 4.78 is 34.3. The van der Waals surface area contributed by atoms with Crippen molar-refractivity contribution in [1.82, 2.24) is 5.32 Å². The van der Waals surface area contributed by atoms with Crippen molar-refractivity contribution in [2.45, 2.75) is 317 Å². The van der Waals surface area contributed by atoms with E-state index in [4.69, 9.17) is 28.4 Å². The third-order valence-electron chi connectivity index (χ3n) is 16.3. The normalized spacial score (nSPS) is 29.2. The summed E-state index contributed by atoms with van der Waals surface area (Å²) >= 11 is 0. The highest BCUT2D eigenvalue weighted by atomic mass is 16.8. The number of aliphatic hydroxyl groups excluding tert-OH is 11. The van der Waals surface area contributed by atoms with Crippen LogP contribution in [0.3, 0.4) is 0 Å². The van der Waals surface area contributed by atoms with E-state index >= 15 is 0 Å².